The van der Waals surface area contributed by atoms with Crippen LogP contribution in [0.5, 0.6) is 0 Å². The summed E-state index contributed by atoms with van der Waals surface area (Å²) in [5, 5.41) is 0.407. The van der Waals surface area contributed by atoms with Gasteiger partial charge in [-0.15, -0.1) is 11.6 Å². The van der Waals surface area contributed by atoms with Gasteiger partial charge in [-0.3, -0.25) is 5.73 Å². The van der Waals surface area contributed by atoms with Crippen LogP contribution in [-0.2, 0) is 0 Å². The lowest BCUT2D eigenvalue weighted by Crippen LogP contribution is -2.47. The molecule has 4 atom stereocenters. The molecule has 138 valence electrons. The van der Waals surface area contributed by atoms with Gasteiger partial charge in [-0.2, -0.15) is 0 Å². The van der Waals surface area contributed by atoms with Gasteiger partial charge in [0.05, 0.1) is 0 Å². The van der Waals surface area contributed by atoms with Crippen molar-refractivity contribution in [2.75, 3.05) is 0 Å². The average Bonchev–Trinajstić information content (AvgIpc) is 2.53. The number of hydrogen-bond acceptors (Lipinski definition) is 2. The highest BCUT2D eigenvalue weighted by Gasteiger charge is 2.34. The molecule has 1 fully saturated rings. The van der Waals surface area contributed by atoms with E-state index in [1.165, 1.54) is 38.5 Å². The van der Waals surface area contributed by atoms with Crippen LogP contribution >= 0.6 is 11.6 Å². The van der Waals surface area contributed by atoms with Crippen LogP contribution in [0, 0.1) is 5.92 Å². The molecule has 0 aliphatic heterocycles. The topological polar surface area (TPSA) is 38.0 Å². The van der Waals surface area contributed by atoms with E-state index in [2.05, 4.69) is 0 Å². The van der Waals surface area contributed by atoms with Gasteiger partial charge >= 0.3 is 0 Å². The molecule has 1 rings (SSSR count). The lowest BCUT2D eigenvalue weighted by atomic mass is 9.89. The summed E-state index contributed by atoms with van der Waals surface area (Å²) in [5.74, 6) is -0.255. The van der Waals surface area contributed by atoms with E-state index in [4.69, 9.17) is 17.3 Å². The number of nitrogens with two attached hydrogens (primary N) is 1. The Balaban J connectivity index is 2.52. The third kappa shape index (κ3) is 9.16. The zero-order valence-corrected chi connectivity index (χ0v) is 14.7. The molecule has 1 aliphatic rings. The summed E-state index contributed by atoms with van der Waals surface area (Å²) in [6.07, 6.45) is 7.44. The lowest BCUT2D eigenvalue weighted by molar-refractivity contribution is 0.107. The quantitative estimate of drug-likeness (QED) is 0.396. The third-order valence-electron chi connectivity index (χ3n) is 4.75. The van der Waals surface area contributed by atoms with E-state index in [1.807, 2.05) is 5.32 Å². The van der Waals surface area contributed by atoms with Crippen LogP contribution in [0.15, 0.2) is 0 Å². The molecule has 4 unspecified atom stereocenters. The standard InChI is InChI=1S/C17H32ClF3N2/c18-14(16(20)23-17(21)22)15(19)13-11-9-7-5-3-1-2-4-6-8-10-12-13/h13-17,23H,1-12,22H2. The molecule has 1 aliphatic carbocycles. The fourth-order valence-corrected chi connectivity index (χ4v) is 3.63. The van der Waals surface area contributed by atoms with Crippen LogP contribution < -0.4 is 11.1 Å². The zero-order valence-electron chi connectivity index (χ0n) is 14.0. The highest BCUT2D eigenvalue weighted by molar-refractivity contribution is 6.21. The number of nitrogens with one attached hydrogen (secondary N) is 1. The molecule has 0 spiro atoms. The largest absolute Gasteiger partial charge is 0.289 e. The van der Waals surface area contributed by atoms with E-state index in [0.29, 0.717) is 0 Å². The Morgan fingerprint density at radius 2 is 1.17 bits per heavy atom. The Hall–Kier alpha value is -0.0000000000000000555. The first-order valence-electron chi connectivity index (χ1n) is 9.10. The van der Waals surface area contributed by atoms with E-state index >= 15 is 0 Å². The molecule has 1 saturated carbocycles. The molecule has 0 heterocycles. The molecule has 0 amide bonds. The second kappa shape index (κ2) is 12.4. The predicted molar refractivity (Wildman–Crippen MR) is 90.5 cm³/mol. The Bertz CT molecular complexity index is 281. The minimum atomic E-state index is -2.03. The molecule has 0 aromatic heterocycles. The van der Waals surface area contributed by atoms with Crippen molar-refractivity contribution in [2.45, 2.75) is 101 Å². The molecule has 6 heteroatoms. The molecular weight excluding hydrogens is 325 g/mol. The van der Waals surface area contributed by atoms with Crippen LogP contribution in [0.1, 0.15) is 77.0 Å². The second-order valence-corrected chi connectivity index (χ2v) is 7.24. The van der Waals surface area contributed by atoms with Gasteiger partial charge in [0.15, 0.2) is 6.30 Å². The van der Waals surface area contributed by atoms with Gasteiger partial charge in [-0.05, 0) is 18.8 Å². The Labute approximate surface area is 143 Å². The van der Waals surface area contributed by atoms with Crippen molar-refractivity contribution in [1.29, 1.82) is 0 Å². The predicted octanol–water partition coefficient (Wildman–Crippen LogP) is 5.34. The van der Waals surface area contributed by atoms with Gasteiger partial charge < -0.3 is 0 Å². The smallest absolute Gasteiger partial charge is 0.204 e. The van der Waals surface area contributed by atoms with Gasteiger partial charge in [0.25, 0.3) is 0 Å². The first kappa shape index (κ1) is 21.0. The number of hydrogen-bond donors (Lipinski definition) is 2. The average molecular weight is 357 g/mol. The van der Waals surface area contributed by atoms with Gasteiger partial charge in [-0.25, -0.2) is 18.5 Å². The van der Waals surface area contributed by atoms with Gasteiger partial charge in [-0.1, -0.05) is 64.2 Å². The summed E-state index contributed by atoms with van der Waals surface area (Å²) >= 11 is 5.88. The zero-order chi connectivity index (χ0) is 17.1. The first-order valence-corrected chi connectivity index (χ1v) is 9.54. The monoisotopic (exact) mass is 356 g/mol. The fraction of sp³-hybridized carbons (Fsp3) is 1.00. The third-order valence-corrected chi connectivity index (χ3v) is 5.21. The molecule has 23 heavy (non-hydrogen) atoms. The van der Waals surface area contributed by atoms with Gasteiger partial charge in [0.1, 0.15) is 11.5 Å². The summed E-state index contributed by atoms with van der Waals surface area (Å²) in [6, 6.07) is 0. The molecular formula is C17H32ClF3N2. The number of alkyl halides is 4. The first-order chi connectivity index (χ1) is 11.0. The summed E-state index contributed by atoms with van der Waals surface area (Å²) < 4.78 is 41.0. The molecule has 0 radical (unpaired) electrons. The van der Waals surface area contributed by atoms with Gasteiger partial charge in [0.2, 0.25) is 6.42 Å². The molecule has 0 bridgehead atoms. The molecule has 0 aromatic carbocycles. The van der Waals surface area contributed by atoms with Crippen molar-refractivity contribution in [3.63, 3.8) is 0 Å². The van der Waals surface area contributed by atoms with E-state index < -0.39 is 24.3 Å². The van der Waals surface area contributed by atoms with Crippen LogP contribution in [-0.4, -0.2) is 24.3 Å². The molecule has 0 saturated heterocycles. The maximum Gasteiger partial charge on any atom is 0.204 e. The maximum atomic E-state index is 14.6. The Morgan fingerprint density at radius 1 is 0.783 bits per heavy atom. The van der Waals surface area contributed by atoms with Gasteiger partial charge in [0, 0.05) is 0 Å². The maximum absolute atomic E-state index is 14.6. The van der Waals surface area contributed by atoms with Crippen LogP contribution in [0.4, 0.5) is 13.2 Å². The minimum absolute atomic E-state index is 0.255. The normalized spacial score (nSPS) is 25.4. The lowest BCUT2D eigenvalue weighted by Gasteiger charge is -2.27. The minimum Gasteiger partial charge on any atom is -0.289 e. The van der Waals surface area contributed by atoms with Crippen molar-refractivity contribution in [1.82, 2.24) is 5.32 Å². The highest BCUT2D eigenvalue weighted by atomic mass is 35.5. The van der Waals surface area contributed by atoms with E-state index in [1.54, 1.807) is 0 Å². The summed E-state index contributed by atoms with van der Waals surface area (Å²) in [4.78, 5) is 0. The highest BCUT2D eigenvalue weighted by Crippen LogP contribution is 2.30. The van der Waals surface area contributed by atoms with Crippen molar-refractivity contribution >= 4 is 11.6 Å². The van der Waals surface area contributed by atoms with Crippen LogP contribution in [0.3, 0.4) is 0 Å². The summed E-state index contributed by atoms with van der Waals surface area (Å²) in [7, 11) is 0. The Morgan fingerprint density at radius 3 is 1.57 bits per heavy atom. The van der Waals surface area contributed by atoms with E-state index in [0.717, 1.165) is 38.5 Å². The summed E-state index contributed by atoms with van der Waals surface area (Å²) in [6.45, 7) is 0. The number of rotatable bonds is 5. The second-order valence-electron chi connectivity index (χ2n) is 6.73. The van der Waals surface area contributed by atoms with Crippen molar-refractivity contribution in [3.05, 3.63) is 0 Å². The van der Waals surface area contributed by atoms with E-state index in [9.17, 15) is 13.2 Å². The molecule has 2 nitrogen and oxygen atoms in total. The Kier molecular flexibility index (Phi) is 11.3. The summed E-state index contributed by atoms with van der Waals surface area (Å²) in [5.41, 5.74) is 4.84. The van der Waals surface area contributed by atoms with E-state index in [-0.39, 0.29) is 5.92 Å². The molecule has 3 N–H and O–H groups in total. The van der Waals surface area contributed by atoms with Crippen molar-refractivity contribution < 1.29 is 13.2 Å². The SMILES string of the molecule is NC(F)NC(F)C(Cl)C(F)C1CCCCCCCCCCCC1. The van der Waals surface area contributed by atoms with Crippen molar-refractivity contribution in [3.8, 4) is 0 Å². The fourth-order valence-electron chi connectivity index (χ4n) is 3.36. The molecule has 0 aromatic rings. The number of halogens is 4. The van der Waals surface area contributed by atoms with Crippen LogP contribution in [0.25, 0.3) is 0 Å². The van der Waals surface area contributed by atoms with Crippen LogP contribution in [0.2, 0.25) is 0 Å². The van der Waals surface area contributed by atoms with Crippen molar-refractivity contribution in [2.24, 2.45) is 11.7 Å².